The lowest BCUT2D eigenvalue weighted by atomic mass is 9.95. The van der Waals surface area contributed by atoms with E-state index < -0.39 is 0 Å². The summed E-state index contributed by atoms with van der Waals surface area (Å²) in [6.07, 6.45) is 8.28. The highest BCUT2D eigenvalue weighted by Gasteiger charge is 2.25. The van der Waals surface area contributed by atoms with Gasteiger partial charge in [-0.15, -0.1) is 11.3 Å². The number of hydrogen-bond acceptors (Lipinski definition) is 5. The monoisotopic (exact) mass is 385 g/mol. The molecule has 0 saturated heterocycles. The molecule has 4 nitrogen and oxygen atoms in total. The molecule has 0 spiro atoms. The molecular formula is C22H27NO3S. The van der Waals surface area contributed by atoms with Crippen molar-refractivity contribution in [2.24, 2.45) is 4.99 Å². The summed E-state index contributed by atoms with van der Waals surface area (Å²) in [6, 6.07) is 7.90. The van der Waals surface area contributed by atoms with Crippen LogP contribution in [0.3, 0.4) is 0 Å². The summed E-state index contributed by atoms with van der Waals surface area (Å²) < 4.78 is 11.0. The van der Waals surface area contributed by atoms with Gasteiger partial charge >= 0.3 is 5.97 Å². The summed E-state index contributed by atoms with van der Waals surface area (Å²) in [6.45, 7) is 5.11. The van der Waals surface area contributed by atoms with Crippen molar-refractivity contribution in [3.8, 4) is 5.75 Å². The number of aliphatic imine (C=N–C) groups is 1. The second-order valence-corrected chi connectivity index (χ2v) is 7.72. The molecule has 0 N–H and O–H groups in total. The van der Waals surface area contributed by atoms with Gasteiger partial charge in [0.1, 0.15) is 10.8 Å². The van der Waals surface area contributed by atoms with Gasteiger partial charge in [-0.2, -0.15) is 0 Å². The van der Waals surface area contributed by atoms with Crippen molar-refractivity contribution in [3.63, 3.8) is 0 Å². The van der Waals surface area contributed by atoms with E-state index in [1.54, 1.807) is 11.3 Å². The molecule has 1 aliphatic rings. The number of unbranched alkanes of at least 4 members (excludes halogenated alkanes) is 1. The Morgan fingerprint density at radius 2 is 1.96 bits per heavy atom. The lowest BCUT2D eigenvalue weighted by Gasteiger charge is -2.11. The first kappa shape index (κ1) is 19.6. The number of hydrogen-bond donors (Lipinski definition) is 0. The minimum Gasteiger partial charge on any atom is -0.494 e. The van der Waals surface area contributed by atoms with Gasteiger partial charge < -0.3 is 9.47 Å². The van der Waals surface area contributed by atoms with Crippen LogP contribution in [-0.2, 0) is 17.6 Å². The van der Waals surface area contributed by atoms with Gasteiger partial charge in [-0.1, -0.05) is 13.3 Å². The third-order valence-electron chi connectivity index (χ3n) is 4.61. The molecule has 144 valence electrons. The first-order valence-corrected chi connectivity index (χ1v) is 10.6. The van der Waals surface area contributed by atoms with Crippen molar-refractivity contribution in [3.05, 3.63) is 45.8 Å². The minimum absolute atomic E-state index is 0.247. The van der Waals surface area contributed by atoms with Crippen molar-refractivity contribution in [2.45, 2.75) is 52.4 Å². The molecule has 0 amide bonds. The van der Waals surface area contributed by atoms with Crippen molar-refractivity contribution < 1.29 is 14.3 Å². The topological polar surface area (TPSA) is 47.9 Å². The van der Waals surface area contributed by atoms with Crippen LogP contribution in [0, 0.1) is 0 Å². The molecule has 0 unspecified atom stereocenters. The summed E-state index contributed by atoms with van der Waals surface area (Å²) in [5.41, 5.74) is 2.81. The third-order valence-corrected chi connectivity index (χ3v) is 5.81. The fourth-order valence-corrected chi connectivity index (χ4v) is 4.39. The van der Waals surface area contributed by atoms with Crippen LogP contribution < -0.4 is 4.74 Å². The quantitative estimate of drug-likeness (QED) is 0.331. The number of aryl methyl sites for hydroxylation is 1. The molecule has 1 aliphatic carbocycles. The van der Waals surface area contributed by atoms with Crippen LogP contribution >= 0.6 is 11.3 Å². The Labute approximate surface area is 165 Å². The highest BCUT2D eigenvalue weighted by molar-refractivity contribution is 7.16. The maximum absolute atomic E-state index is 12.5. The zero-order valence-electron chi connectivity index (χ0n) is 16.1. The second-order valence-electron chi connectivity index (χ2n) is 6.64. The Morgan fingerprint density at radius 3 is 2.70 bits per heavy atom. The first-order valence-electron chi connectivity index (χ1n) is 9.81. The normalized spacial score (nSPS) is 13.6. The van der Waals surface area contributed by atoms with Crippen molar-refractivity contribution in [2.75, 3.05) is 13.2 Å². The smallest absolute Gasteiger partial charge is 0.341 e. The molecule has 0 radical (unpaired) electrons. The molecule has 0 atom stereocenters. The maximum atomic E-state index is 12.5. The molecule has 0 bridgehead atoms. The van der Waals surface area contributed by atoms with Crippen molar-refractivity contribution in [1.82, 2.24) is 0 Å². The molecular weight excluding hydrogens is 358 g/mol. The lowest BCUT2D eigenvalue weighted by Crippen LogP contribution is -2.09. The number of thiophene rings is 1. The number of benzene rings is 1. The second kappa shape index (κ2) is 9.70. The zero-order chi connectivity index (χ0) is 19.1. The van der Waals surface area contributed by atoms with E-state index in [4.69, 9.17) is 9.47 Å². The summed E-state index contributed by atoms with van der Waals surface area (Å²) >= 11 is 1.63. The van der Waals surface area contributed by atoms with Crippen molar-refractivity contribution >= 4 is 28.5 Å². The van der Waals surface area contributed by atoms with E-state index in [2.05, 4.69) is 11.9 Å². The highest BCUT2D eigenvalue weighted by atomic mass is 32.1. The molecule has 2 aromatic rings. The number of ether oxygens (including phenoxy) is 2. The summed E-state index contributed by atoms with van der Waals surface area (Å²) in [5, 5.41) is 0.767. The zero-order valence-corrected chi connectivity index (χ0v) is 16.9. The average molecular weight is 386 g/mol. The Kier molecular flexibility index (Phi) is 7.04. The number of carbonyl (C=O) groups excluding carboxylic acids is 1. The van der Waals surface area contributed by atoms with Crippen LogP contribution in [0.2, 0.25) is 0 Å². The molecule has 0 aliphatic heterocycles. The number of esters is 1. The van der Waals surface area contributed by atoms with E-state index in [1.807, 2.05) is 37.4 Å². The van der Waals surface area contributed by atoms with Crippen LogP contribution in [0.15, 0.2) is 29.3 Å². The van der Waals surface area contributed by atoms with Gasteiger partial charge in [0.2, 0.25) is 0 Å². The first-order chi connectivity index (χ1) is 13.2. The fraction of sp³-hybridized carbons (Fsp3) is 0.455. The van der Waals surface area contributed by atoms with E-state index in [0.717, 1.165) is 60.6 Å². The van der Waals surface area contributed by atoms with Gasteiger partial charge in [0.25, 0.3) is 0 Å². The molecule has 1 aromatic heterocycles. The predicted molar refractivity (Wildman–Crippen MR) is 111 cm³/mol. The molecule has 5 heteroatoms. The summed E-state index contributed by atoms with van der Waals surface area (Å²) in [5.74, 6) is 0.628. The summed E-state index contributed by atoms with van der Waals surface area (Å²) in [7, 11) is 0. The largest absolute Gasteiger partial charge is 0.494 e. The molecule has 0 saturated carbocycles. The summed E-state index contributed by atoms with van der Waals surface area (Å²) in [4.78, 5) is 18.4. The Hall–Kier alpha value is -2.14. The molecule has 0 fully saturated rings. The highest BCUT2D eigenvalue weighted by Crippen LogP contribution is 2.40. The van der Waals surface area contributed by atoms with Crippen molar-refractivity contribution in [1.29, 1.82) is 0 Å². The minimum atomic E-state index is -0.247. The van der Waals surface area contributed by atoms with Crippen LogP contribution in [-0.4, -0.2) is 25.4 Å². The van der Waals surface area contributed by atoms with E-state index in [-0.39, 0.29) is 5.97 Å². The van der Waals surface area contributed by atoms with E-state index >= 15 is 0 Å². The number of carbonyl (C=O) groups is 1. The molecule has 1 aromatic carbocycles. The number of rotatable bonds is 8. The fourth-order valence-electron chi connectivity index (χ4n) is 3.17. The molecule has 27 heavy (non-hydrogen) atoms. The van der Waals surface area contributed by atoms with Gasteiger partial charge in [-0.3, -0.25) is 0 Å². The predicted octanol–water partition coefficient (Wildman–Crippen LogP) is 5.73. The van der Waals surface area contributed by atoms with Crippen LogP contribution in [0.1, 0.15) is 65.9 Å². The van der Waals surface area contributed by atoms with Crippen LogP contribution in [0.25, 0.3) is 0 Å². The van der Waals surface area contributed by atoms with E-state index in [1.165, 1.54) is 11.3 Å². The third kappa shape index (κ3) is 4.98. The van der Waals surface area contributed by atoms with Gasteiger partial charge in [-0.05, 0) is 74.4 Å². The van der Waals surface area contributed by atoms with E-state index in [9.17, 15) is 4.79 Å². The molecule has 1 heterocycles. The van der Waals surface area contributed by atoms with Crippen LogP contribution in [0.5, 0.6) is 5.75 Å². The van der Waals surface area contributed by atoms with Gasteiger partial charge in [0, 0.05) is 11.1 Å². The Balaban J connectivity index is 1.78. The van der Waals surface area contributed by atoms with Crippen LogP contribution in [0.4, 0.5) is 5.00 Å². The Morgan fingerprint density at radius 1 is 1.19 bits per heavy atom. The lowest BCUT2D eigenvalue weighted by molar-refractivity contribution is 0.0526. The van der Waals surface area contributed by atoms with E-state index in [0.29, 0.717) is 12.2 Å². The van der Waals surface area contributed by atoms with Gasteiger partial charge in [-0.25, -0.2) is 9.79 Å². The average Bonchev–Trinajstić information content (AvgIpc) is 3.06. The van der Waals surface area contributed by atoms with Gasteiger partial charge in [0.15, 0.2) is 0 Å². The number of fused-ring (bicyclic) bond motifs is 1. The van der Waals surface area contributed by atoms with Gasteiger partial charge in [0.05, 0.1) is 18.8 Å². The maximum Gasteiger partial charge on any atom is 0.341 e. The standard InChI is InChI=1S/C22H27NO3S/c1-3-5-14-26-17-12-10-16(11-13-17)15-23-21-20(22(24)25-4-2)18-8-6-7-9-19(18)27-21/h10-13,15H,3-9,14H2,1-2H3. The Bertz CT molecular complexity index is 793. The number of nitrogens with zero attached hydrogens (tertiary/aromatic N) is 1. The SMILES string of the molecule is CCCCOc1ccc(C=Nc2sc3c(c2C(=O)OCC)CCCC3)cc1. The molecule has 3 rings (SSSR count).